The Morgan fingerprint density at radius 1 is 1.19 bits per heavy atom. The Morgan fingerprint density at radius 2 is 1.81 bits per heavy atom. The van der Waals surface area contributed by atoms with E-state index in [9.17, 15) is 4.79 Å². The molecular weight excluding hydrogens is 262 g/mol. The molecule has 1 aromatic rings. The van der Waals surface area contributed by atoms with E-state index in [1.807, 2.05) is 18.9 Å². The molecule has 0 atom stereocenters. The van der Waals surface area contributed by atoms with E-state index in [2.05, 4.69) is 44.4 Å². The van der Waals surface area contributed by atoms with E-state index >= 15 is 0 Å². The molecule has 0 unspecified atom stereocenters. The first-order chi connectivity index (χ1) is 9.72. The van der Waals surface area contributed by atoms with Gasteiger partial charge in [-0.15, -0.1) is 0 Å². The number of carbonyl (C=O) groups excluding carboxylic acids is 1. The van der Waals surface area contributed by atoms with E-state index < -0.39 is 0 Å². The third-order valence-corrected chi connectivity index (χ3v) is 3.72. The van der Waals surface area contributed by atoms with Crippen molar-refractivity contribution < 1.29 is 4.79 Å². The second kappa shape index (κ2) is 7.62. The highest BCUT2D eigenvalue weighted by Gasteiger charge is 2.15. The smallest absolute Gasteiger partial charge is 0.222 e. The minimum absolute atomic E-state index is 0.221. The van der Waals surface area contributed by atoms with Gasteiger partial charge in [0.15, 0.2) is 0 Å². The van der Waals surface area contributed by atoms with Crippen LogP contribution in [0.2, 0.25) is 0 Å². The zero-order valence-corrected chi connectivity index (χ0v) is 14.7. The maximum Gasteiger partial charge on any atom is 0.222 e. The molecule has 0 saturated carbocycles. The molecule has 0 bridgehead atoms. The molecular formula is C17H31N3O. The lowest BCUT2D eigenvalue weighted by Gasteiger charge is -2.19. The van der Waals surface area contributed by atoms with Crippen molar-refractivity contribution in [2.75, 3.05) is 13.6 Å². The Balaban J connectivity index is 2.67. The minimum Gasteiger partial charge on any atom is -0.345 e. The number of hydrogen-bond donors (Lipinski definition) is 0. The molecule has 0 aliphatic rings. The Labute approximate surface area is 129 Å². The fourth-order valence-electron chi connectivity index (χ4n) is 2.69. The van der Waals surface area contributed by atoms with Gasteiger partial charge in [0.25, 0.3) is 0 Å². The van der Waals surface area contributed by atoms with Gasteiger partial charge < -0.3 is 4.90 Å². The number of aryl methyl sites for hydroxylation is 1. The van der Waals surface area contributed by atoms with Crippen molar-refractivity contribution >= 4 is 5.91 Å². The predicted molar refractivity (Wildman–Crippen MR) is 87.3 cm³/mol. The van der Waals surface area contributed by atoms with Crippen LogP contribution in [0.5, 0.6) is 0 Å². The van der Waals surface area contributed by atoms with Gasteiger partial charge in [-0.05, 0) is 37.7 Å². The number of aromatic nitrogens is 2. The summed E-state index contributed by atoms with van der Waals surface area (Å²) >= 11 is 0. The molecule has 0 radical (unpaired) electrons. The highest BCUT2D eigenvalue weighted by molar-refractivity contribution is 5.76. The topological polar surface area (TPSA) is 38.1 Å². The van der Waals surface area contributed by atoms with Crippen LogP contribution in [0.25, 0.3) is 0 Å². The molecule has 0 N–H and O–H groups in total. The highest BCUT2D eigenvalue weighted by Crippen LogP contribution is 2.17. The molecule has 0 fully saturated rings. The van der Waals surface area contributed by atoms with Crippen LogP contribution in [0.1, 0.15) is 51.1 Å². The lowest BCUT2D eigenvalue weighted by Crippen LogP contribution is -2.30. The quantitative estimate of drug-likeness (QED) is 0.774. The van der Waals surface area contributed by atoms with E-state index in [-0.39, 0.29) is 5.91 Å². The first-order valence-electron chi connectivity index (χ1n) is 7.99. The Morgan fingerprint density at radius 3 is 2.33 bits per heavy atom. The second-order valence-electron chi connectivity index (χ2n) is 6.89. The maximum atomic E-state index is 12.2. The molecule has 1 rings (SSSR count). The predicted octanol–water partition coefficient (Wildman–Crippen LogP) is 3.20. The molecule has 0 aliphatic heterocycles. The van der Waals surface area contributed by atoms with E-state index in [1.165, 1.54) is 11.3 Å². The van der Waals surface area contributed by atoms with Gasteiger partial charge in [-0.1, -0.05) is 27.7 Å². The highest BCUT2D eigenvalue weighted by atomic mass is 16.2. The molecule has 0 aliphatic carbocycles. The average Bonchev–Trinajstić information content (AvgIpc) is 2.60. The minimum atomic E-state index is 0.221. The first-order valence-corrected chi connectivity index (χ1v) is 7.99. The molecule has 4 nitrogen and oxygen atoms in total. The average molecular weight is 293 g/mol. The van der Waals surface area contributed by atoms with Crippen LogP contribution in [-0.4, -0.2) is 34.2 Å². The van der Waals surface area contributed by atoms with Crippen LogP contribution >= 0.6 is 0 Å². The monoisotopic (exact) mass is 293 g/mol. The maximum absolute atomic E-state index is 12.2. The fraction of sp³-hybridized carbons (Fsp3) is 0.765. The summed E-state index contributed by atoms with van der Waals surface area (Å²) in [5.74, 6) is 1.31. The molecule has 1 heterocycles. The summed E-state index contributed by atoms with van der Waals surface area (Å²) in [5.41, 5.74) is 3.51. The summed E-state index contributed by atoms with van der Waals surface area (Å²) in [7, 11) is 1.89. The van der Waals surface area contributed by atoms with E-state index in [0.717, 1.165) is 25.2 Å². The van der Waals surface area contributed by atoms with Crippen LogP contribution in [-0.2, 0) is 17.8 Å². The zero-order chi connectivity index (χ0) is 16.2. The van der Waals surface area contributed by atoms with Crippen molar-refractivity contribution in [1.82, 2.24) is 14.7 Å². The Bertz CT molecular complexity index is 475. The molecule has 0 aromatic carbocycles. The standard InChI is InChI=1S/C17H31N3O/c1-12(2)10-19(7)17(21)9-8-16-14(5)18-20(15(16)6)11-13(3)4/h12-13H,8-11H2,1-7H3. The Kier molecular flexibility index (Phi) is 6.43. The van der Waals surface area contributed by atoms with Gasteiger partial charge in [0.1, 0.15) is 0 Å². The molecule has 1 aromatic heterocycles. The fourth-order valence-corrected chi connectivity index (χ4v) is 2.69. The van der Waals surface area contributed by atoms with Crippen LogP contribution in [0.15, 0.2) is 0 Å². The van der Waals surface area contributed by atoms with Gasteiger partial charge >= 0.3 is 0 Å². The van der Waals surface area contributed by atoms with Gasteiger partial charge in [0.2, 0.25) is 5.91 Å². The van der Waals surface area contributed by atoms with Crippen LogP contribution < -0.4 is 0 Å². The third-order valence-electron chi connectivity index (χ3n) is 3.72. The SMILES string of the molecule is Cc1nn(CC(C)C)c(C)c1CCC(=O)N(C)CC(C)C. The molecule has 4 heteroatoms. The summed E-state index contributed by atoms with van der Waals surface area (Å²) in [6.07, 6.45) is 1.36. The Hall–Kier alpha value is -1.32. The second-order valence-corrected chi connectivity index (χ2v) is 6.89. The van der Waals surface area contributed by atoms with Gasteiger partial charge in [-0.25, -0.2) is 0 Å². The summed E-state index contributed by atoms with van der Waals surface area (Å²) in [6.45, 7) is 14.6. The van der Waals surface area contributed by atoms with E-state index in [0.29, 0.717) is 18.3 Å². The van der Waals surface area contributed by atoms with E-state index in [1.54, 1.807) is 0 Å². The zero-order valence-electron chi connectivity index (χ0n) is 14.7. The number of nitrogens with zero attached hydrogens (tertiary/aromatic N) is 3. The van der Waals surface area contributed by atoms with Crippen molar-refractivity contribution in [2.45, 2.75) is 60.9 Å². The lowest BCUT2D eigenvalue weighted by atomic mass is 10.1. The van der Waals surface area contributed by atoms with Crippen LogP contribution in [0.3, 0.4) is 0 Å². The van der Waals surface area contributed by atoms with E-state index in [4.69, 9.17) is 0 Å². The summed E-state index contributed by atoms with van der Waals surface area (Å²) < 4.78 is 2.08. The normalized spacial score (nSPS) is 11.5. The largest absolute Gasteiger partial charge is 0.345 e. The number of rotatable bonds is 7. The van der Waals surface area contributed by atoms with Crippen molar-refractivity contribution in [3.8, 4) is 0 Å². The van der Waals surface area contributed by atoms with Crippen molar-refractivity contribution in [2.24, 2.45) is 11.8 Å². The van der Waals surface area contributed by atoms with Crippen LogP contribution in [0.4, 0.5) is 0 Å². The lowest BCUT2D eigenvalue weighted by molar-refractivity contribution is -0.130. The van der Waals surface area contributed by atoms with Gasteiger partial charge in [0.05, 0.1) is 5.69 Å². The summed E-state index contributed by atoms with van der Waals surface area (Å²) in [6, 6.07) is 0. The third kappa shape index (κ3) is 5.18. The summed E-state index contributed by atoms with van der Waals surface area (Å²) in [4.78, 5) is 14.0. The number of carbonyl (C=O) groups is 1. The van der Waals surface area contributed by atoms with Crippen molar-refractivity contribution in [3.63, 3.8) is 0 Å². The molecule has 0 saturated heterocycles. The number of hydrogen-bond acceptors (Lipinski definition) is 2. The molecule has 21 heavy (non-hydrogen) atoms. The van der Waals surface area contributed by atoms with Crippen LogP contribution in [0, 0.1) is 25.7 Å². The molecule has 1 amide bonds. The van der Waals surface area contributed by atoms with Crippen molar-refractivity contribution in [1.29, 1.82) is 0 Å². The molecule has 0 spiro atoms. The van der Waals surface area contributed by atoms with Gasteiger partial charge in [0, 0.05) is 32.3 Å². The summed E-state index contributed by atoms with van der Waals surface area (Å²) in [5, 5.41) is 4.61. The molecule has 120 valence electrons. The van der Waals surface area contributed by atoms with Crippen molar-refractivity contribution in [3.05, 3.63) is 17.0 Å². The number of amides is 1. The first kappa shape index (κ1) is 17.7. The van der Waals surface area contributed by atoms with Gasteiger partial charge in [-0.3, -0.25) is 9.48 Å². The van der Waals surface area contributed by atoms with Gasteiger partial charge in [-0.2, -0.15) is 5.10 Å².